The highest BCUT2D eigenvalue weighted by Gasteiger charge is 2.20. The van der Waals surface area contributed by atoms with Crippen molar-refractivity contribution in [2.45, 2.75) is 32.9 Å². The number of hydrogen-bond acceptors (Lipinski definition) is 3. The molecule has 4 nitrogen and oxygen atoms in total. The highest BCUT2D eigenvalue weighted by molar-refractivity contribution is 5.70. The normalized spacial score (nSPS) is 11.1. The van der Waals surface area contributed by atoms with E-state index in [1.54, 1.807) is 18.1 Å². The number of pyridine rings is 1. The van der Waals surface area contributed by atoms with Crippen LogP contribution in [0.5, 0.6) is 0 Å². The second-order valence-corrected chi connectivity index (χ2v) is 6.16. The molecule has 0 saturated carbocycles. The van der Waals surface area contributed by atoms with Gasteiger partial charge in [-0.3, -0.25) is 4.98 Å². The van der Waals surface area contributed by atoms with Crippen LogP contribution in [0.2, 0.25) is 0 Å². The Labute approximate surface area is 131 Å². The fourth-order valence-electron chi connectivity index (χ4n) is 2.03. The Morgan fingerprint density at radius 3 is 2.55 bits per heavy atom. The largest absolute Gasteiger partial charge is 0.444 e. The number of aromatic nitrogens is 1. The van der Waals surface area contributed by atoms with Crippen molar-refractivity contribution in [3.8, 4) is 11.1 Å². The molecule has 115 valence electrons. The number of ether oxygens (including phenoxy) is 1. The number of carbonyl (C=O) groups is 1. The molecule has 2 rings (SSSR count). The molecule has 2 aromatic rings. The summed E-state index contributed by atoms with van der Waals surface area (Å²) in [5, 5.41) is 0. The second kappa shape index (κ2) is 6.60. The van der Waals surface area contributed by atoms with Crippen LogP contribution in [0.25, 0.3) is 11.1 Å². The first-order valence-electron chi connectivity index (χ1n) is 7.22. The Hall–Kier alpha value is -2.36. The van der Waals surface area contributed by atoms with Crippen LogP contribution in [-0.2, 0) is 11.3 Å². The maximum Gasteiger partial charge on any atom is 0.410 e. The predicted molar refractivity (Wildman–Crippen MR) is 86.2 cm³/mol. The summed E-state index contributed by atoms with van der Waals surface area (Å²) in [6, 6.07) is 11.8. The van der Waals surface area contributed by atoms with Crippen LogP contribution in [0.15, 0.2) is 42.6 Å². The van der Waals surface area contributed by atoms with E-state index in [0.717, 1.165) is 16.7 Å². The van der Waals surface area contributed by atoms with E-state index in [0.29, 0.717) is 6.54 Å². The van der Waals surface area contributed by atoms with Gasteiger partial charge in [-0.2, -0.15) is 0 Å². The van der Waals surface area contributed by atoms with Crippen molar-refractivity contribution in [1.82, 2.24) is 9.88 Å². The zero-order valence-electron chi connectivity index (χ0n) is 13.5. The lowest BCUT2D eigenvalue weighted by Gasteiger charge is -2.25. The lowest BCUT2D eigenvalue weighted by molar-refractivity contribution is 0.0285. The first-order chi connectivity index (χ1) is 10.4. The molecule has 0 N–H and O–H groups in total. The van der Waals surface area contributed by atoms with Gasteiger partial charge >= 0.3 is 6.09 Å². The van der Waals surface area contributed by atoms with E-state index in [-0.39, 0.29) is 6.09 Å². The second-order valence-electron chi connectivity index (χ2n) is 6.16. The van der Waals surface area contributed by atoms with Crippen LogP contribution in [0.4, 0.5) is 4.79 Å². The van der Waals surface area contributed by atoms with Gasteiger partial charge in [-0.1, -0.05) is 30.3 Å². The molecule has 0 aliphatic carbocycles. The highest BCUT2D eigenvalue weighted by Crippen LogP contribution is 2.23. The quantitative estimate of drug-likeness (QED) is 0.862. The van der Waals surface area contributed by atoms with Crippen LogP contribution >= 0.6 is 0 Å². The Kier molecular flexibility index (Phi) is 4.81. The van der Waals surface area contributed by atoms with Crippen LogP contribution in [0.1, 0.15) is 26.3 Å². The maximum atomic E-state index is 12.1. The number of hydrogen-bond donors (Lipinski definition) is 0. The van der Waals surface area contributed by atoms with Crippen LogP contribution in [0.3, 0.4) is 0 Å². The van der Waals surface area contributed by atoms with Crippen molar-refractivity contribution in [2.24, 2.45) is 0 Å². The van der Waals surface area contributed by atoms with Gasteiger partial charge < -0.3 is 9.64 Å². The molecule has 0 aliphatic rings. The smallest absolute Gasteiger partial charge is 0.410 e. The first kappa shape index (κ1) is 16.0. The minimum Gasteiger partial charge on any atom is -0.444 e. The fraction of sp³-hybridized carbons (Fsp3) is 0.333. The molecular formula is C18H21N2O2. The third-order valence-corrected chi connectivity index (χ3v) is 3.02. The van der Waals surface area contributed by atoms with Gasteiger partial charge in [0.15, 0.2) is 0 Å². The van der Waals surface area contributed by atoms with E-state index < -0.39 is 5.60 Å². The third kappa shape index (κ3) is 4.32. The van der Waals surface area contributed by atoms with Gasteiger partial charge in [0.25, 0.3) is 0 Å². The van der Waals surface area contributed by atoms with E-state index in [4.69, 9.17) is 4.74 Å². The molecule has 22 heavy (non-hydrogen) atoms. The van der Waals surface area contributed by atoms with Crippen LogP contribution in [0, 0.1) is 6.20 Å². The molecular weight excluding hydrogens is 276 g/mol. The summed E-state index contributed by atoms with van der Waals surface area (Å²) < 4.78 is 5.38. The Balaban J connectivity index is 2.19. The van der Waals surface area contributed by atoms with Crippen molar-refractivity contribution >= 4 is 6.09 Å². The van der Waals surface area contributed by atoms with E-state index >= 15 is 0 Å². The van der Waals surface area contributed by atoms with Crippen LogP contribution < -0.4 is 0 Å². The lowest BCUT2D eigenvalue weighted by Crippen LogP contribution is -2.33. The minimum atomic E-state index is -0.502. The molecule has 1 aromatic carbocycles. The van der Waals surface area contributed by atoms with Gasteiger partial charge in [0.2, 0.25) is 0 Å². The van der Waals surface area contributed by atoms with Crippen molar-refractivity contribution in [1.29, 1.82) is 0 Å². The van der Waals surface area contributed by atoms with Gasteiger partial charge in [0.1, 0.15) is 5.60 Å². The Morgan fingerprint density at radius 2 is 1.91 bits per heavy atom. The maximum absolute atomic E-state index is 12.1. The fourth-order valence-corrected chi connectivity index (χ4v) is 2.03. The standard InChI is InChI=1S/C18H21N2O2/c1-18(2,3)22-17(21)20(4)13-15-10-11-19-12-16(15)14-8-6-5-7-9-14/h5-11H,13H2,1-4H3. The van der Waals surface area contributed by atoms with Gasteiger partial charge in [0.05, 0.1) is 6.20 Å². The Bertz CT molecular complexity index is 633. The molecule has 4 heteroatoms. The molecule has 1 heterocycles. The summed E-state index contributed by atoms with van der Waals surface area (Å²) in [5.41, 5.74) is 2.41. The Morgan fingerprint density at radius 1 is 1.23 bits per heavy atom. The molecule has 1 radical (unpaired) electrons. The topological polar surface area (TPSA) is 42.4 Å². The van der Waals surface area contributed by atoms with Crippen LogP contribution in [-0.4, -0.2) is 28.6 Å². The zero-order chi connectivity index (χ0) is 16.2. The van der Waals surface area contributed by atoms with Gasteiger partial charge in [-0.25, -0.2) is 4.79 Å². The van der Waals surface area contributed by atoms with Gasteiger partial charge in [-0.05, 0) is 38.0 Å². The number of nitrogens with zero attached hydrogens (tertiary/aromatic N) is 2. The number of carbonyl (C=O) groups excluding carboxylic acids is 1. The highest BCUT2D eigenvalue weighted by atomic mass is 16.6. The van der Waals surface area contributed by atoms with E-state index in [9.17, 15) is 4.79 Å². The third-order valence-electron chi connectivity index (χ3n) is 3.02. The molecule has 0 fully saturated rings. The van der Waals surface area contributed by atoms with Gasteiger partial charge in [0, 0.05) is 25.4 Å². The number of amides is 1. The predicted octanol–water partition coefficient (Wildman–Crippen LogP) is 3.92. The van der Waals surface area contributed by atoms with Crippen molar-refractivity contribution in [2.75, 3.05) is 7.05 Å². The van der Waals surface area contributed by atoms with E-state index in [1.165, 1.54) is 0 Å². The molecule has 0 spiro atoms. The summed E-state index contributed by atoms with van der Waals surface area (Å²) >= 11 is 0. The molecule has 0 bridgehead atoms. The van der Waals surface area contributed by atoms with Crippen molar-refractivity contribution in [3.63, 3.8) is 0 Å². The SMILES string of the molecule is CN(Cc1ccn[c]c1-c1ccccc1)C(=O)OC(C)(C)C. The average Bonchev–Trinajstić information content (AvgIpc) is 2.47. The average molecular weight is 297 g/mol. The van der Waals surface area contributed by atoms with E-state index in [2.05, 4.69) is 11.2 Å². The van der Waals surface area contributed by atoms with Crippen molar-refractivity contribution in [3.05, 3.63) is 54.4 Å². The minimum absolute atomic E-state index is 0.344. The lowest BCUT2D eigenvalue weighted by atomic mass is 10.0. The zero-order valence-corrected chi connectivity index (χ0v) is 13.5. The molecule has 0 unspecified atom stereocenters. The van der Waals surface area contributed by atoms with Crippen molar-refractivity contribution < 1.29 is 9.53 Å². The summed E-state index contributed by atoms with van der Waals surface area (Å²) in [7, 11) is 1.73. The number of benzene rings is 1. The van der Waals surface area contributed by atoms with Gasteiger partial charge in [-0.15, -0.1) is 0 Å². The summed E-state index contributed by atoms with van der Waals surface area (Å²) in [6.45, 7) is 6.01. The van der Waals surface area contributed by atoms with E-state index in [1.807, 2.05) is 57.2 Å². The molecule has 1 amide bonds. The number of rotatable bonds is 3. The molecule has 0 saturated heterocycles. The molecule has 1 aromatic heterocycles. The summed E-state index contributed by atoms with van der Waals surface area (Å²) in [5.74, 6) is 0. The molecule has 0 atom stereocenters. The molecule has 0 aliphatic heterocycles. The summed E-state index contributed by atoms with van der Waals surface area (Å²) in [4.78, 5) is 17.7. The summed E-state index contributed by atoms with van der Waals surface area (Å²) in [6.07, 6.45) is 4.36. The first-order valence-corrected chi connectivity index (χ1v) is 7.22. The monoisotopic (exact) mass is 297 g/mol.